The summed E-state index contributed by atoms with van der Waals surface area (Å²) in [7, 11) is 2.05. The van der Waals surface area contributed by atoms with Gasteiger partial charge in [-0.1, -0.05) is 54.1 Å². The molecule has 1 aromatic heterocycles. The molecule has 0 aliphatic heterocycles. The van der Waals surface area contributed by atoms with Crippen LogP contribution in [0.2, 0.25) is 5.02 Å². The maximum Gasteiger partial charge on any atom is 0.0671 e. The number of hydrogen-bond acceptors (Lipinski definition) is 0. The van der Waals surface area contributed by atoms with Crippen molar-refractivity contribution >= 4 is 22.5 Å². The Labute approximate surface area is 105 Å². The van der Waals surface area contributed by atoms with E-state index < -0.39 is 0 Å². The van der Waals surface area contributed by atoms with Crippen molar-refractivity contribution in [1.82, 2.24) is 4.57 Å². The normalized spacial score (nSPS) is 10.9. The standard InChI is InChI=1S/C15H12ClN/c1-17-14(11-6-3-2-4-7-11)10-12-8-5-9-13(16)15(12)17/h2-10H,1H3. The lowest BCUT2D eigenvalue weighted by molar-refractivity contribution is 0.978. The van der Waals surface area contributed by atoms with Crippen molar-refractivity contribution < 1.29 is 0 Å². The minimum atomic E-state index is 0.798. The number of halogens is 1. The van der Waals surface area contributed by atoms with Crippen LogP contribution in [0.25, 0.3) is 22.2 Å². The van der Waals surface area contributed by atoms with Crippen LogP contribution >= 0.6 is 11.6 Å². The first-order chi connectivity index (χ1) is 8.27. The van der Waals surface area contributed by atoms with Gasteiger partial charge in [-0.25, -0.2) is 0 Å². The first-order valence-corrected chi connectivity index (χ1v) is 5.94. The Morgan fingerprint density at radius 3 is 2.41 bits per heavy atom. The summed E-state index contributed by atoms with van der Waals surface area (Å²) in [4.78, 5) is 0. The van der Waals surface area contributed by atoms with Gasteiger partial charge in [0.25, 0.3) is 0 Å². The molecule has 0 saturated carbocycles. The summed E-state index contributed by atoms with van der Waals surface area (Å²) in [5.41, 5.74) is 3.49. The third-order valence-electron chi connectivity index (χ3n) is 3.08. The number of hydrogen-bond donors (Lipinski definition) is 0. The van der Waals surface area contributed by atoms with Crippen LogP contribution in [0.3, 0.4) is 0 Å². The minimum Gasteiger partial charge on any atom is -0.342 e. The molecule has 3 rings (SSSR count). The highest BCUT2D eigenvalue weighted by atomic mass is 35.5. The summed E-state index contributed by atoms with van der Waals surface area (Å²) < 4.78 is 2.15. The molecule has 0 unspecified atom stereocenters. The SMILES string of the molecule is Cn1c(-c2ccccc2)cc2cccc(Cl)c21. The van der Waals surface area contributed by atoms with Gasteiger partial charge in [0.1, 0.15) is 0 Å². The van der Waals surface area contributed by atoms with E-state index in [1.54, 1.807) is 0 Å². The number of para-hydroxylation sites is 1. The molecule has 1 nitrogen and oxygen atoms in total. The molecular formula is C15H12ClN. The highest BCUT2D eigenvalue weighted by Gasteiger charge is 2.09. The van der Waals surface area contributed by atoms with Gasteiger partial charge in [0.15, 0.2) is 0 Å². The molecule has 0 aliphatic carbocycles. The quantitative estimate of drug-likeness (QED) is 0.591. The smallest absolute Gasteiger partial charge is 0.0671 e. The summed E-state index contributed by atoms with van der Waals surface area (Å²) in [6, 6.07) is 18.5. The molecule has 84 valence electrons. The lowest BCUT2D eigenvalue weighted by atomic mass is 10.1. The molecule has 2 heteroatoms. The number of rotatable bonds is 1. The van der Waals surface area contributed by atoms with Gasteiger partial charge in [0, 0.05) is 18.1 Å². The predicted molar refractivity (Wildman–Crippen MR) is 73.4 cm³/mol. The summed E-state index contributed by atoms with van der Waals surface area (Å²) in [6.07, 6.45) is 0. The van der Waals surface area contributed by atoms with E-state index in [0.717, 1.165) is 10.5 Å². The Kier molecular flexibility index (Phi) is 2.41. The molecule has 0 saturated heterocycles. The molecule has 3 aromatic rings. The fourth-order valence-electron chi connectivity index (χ4n) is 2.25. The van der Waals surface area contributed by atoms with Crippen molar-refractivity contribution in [2.24, 2.45) is 7.05 Å². The van der Waals surface area contributed by atoms with Gasteiger partial charge in [-0.05, 0) is 17.7 Å². The Bertz CT molecular complexity index is 668. The molecule has 0 spiro atoms. The second kappa shape index (κ2) is 3.94. The van der Waals surface area contributed by atoms with E-state index in [0.29, 0.717) is 0 Å². The topological polar surface area (TPSA) is 4.93 Å². The Morgan fingerprint density at radius 2 is 1.71 bits per heavy atom. The van der Waals surface area contributed by atoms with E-state index in [9.17, 15) is 0 Å². The zero-order chi connectivity index (χ0) is 11.8. The molecule has 0 radical (unpaired) electrons. The first kappa shape index (κ1) is 10.4. The maximum atomic E-state index is 6.24. The molecule has 0 amide bonds. The second-order valence-electron chi connectivity index (χ2n) is 4.13. The predicted octanol–water partition coefficient (Wildman–Crippen LogP) is 4.50. The van der Waals surface area contributed by atoms with Crippen LogP contribution in [0.1, 0.15) is 0 Å². The average Bonchev–Trinajstić information content (AvgIpc) is 2.69. The first-order valence-electron chi connectivity index (χ1n) is 5.57. The maximum absolute atomic E-state index is 6.24. The Morgan fingerprint density at radius 1 is 0.941 bits per heavy atom. The Balaban J connectivity index is 2.33. The zero-order valence-electron chi connectivity index (χ0n) is 9.52. The lowest BCUT2D eigenvalue weighted by Gasteiger charge is -2.04. The summed E-state index contributed by atoms with van der Waals surface area (Å²) in [6.45, 7) is 0. The summed E-state index contributed by atoms with van der Waals surface area (Å²) in [5, 5.41) is 1.98. The van der Waals surface area contributed by atoms with Crippen molar-refractivity contribution in [1.29, 1.82) is 0 Å². The van der Waals surface area contributed by atoms with Gasteiger partial charge in [-0.15, -0.1) is 0 Å². The number of fused-ring (bicyclic) bond motifs is 1. The molecular weight excluding hydrogens is 230 g/mol. The summed E-state index contributed by atoms with van der Waals surface area (Å²) in [5.74, 6) is 0. The van der Waals surface area contributed by atoms with Crippen LogP contribution in [0.15, 0.2) is 54.6 Å². The van der Waals surface area contributed by atoms with Gasteiger partial charge in [0.05, 0.1) is 10.5 Å². The highest BCUT2D eigenvalue weighted by Crippen LogP contribution is 2.31. The average molecular weight is 242 g/mol. The third kappa shape index (κ3) is 1.63. The van der Waals surface area contributed by atoms with Crippen LogP contribution in [0, 0.1) is 0 Å². The van der Waals surface area contributed by atoms with Gasteiger partial charge in [-0.3, -0.25) is 0 Å². The van der Waals surface area contributed by atoms with E-state index in [4.69, 9.17) is 11.6 Å². The number of nitrogens with zero attached hydrogens (tertiary/aromatic N) is 1. The van der Waals surface area contributed by atoms with Crippen LogP contribution in [0.5, 0.6) is 0 Å². The van der Waals surface area contributed by atoms with E-state index in [1.165, 1.54) is 16.6 Å². The van der Waals surface area contributed by atoms with Gasteiger partial charge < -0.3 is 4.57 Å². The monoisotopic (exact) mass is 241 g/mol. The van der Waals surface area contributed by atoms with Crippen LogP contribution in [-0.4, -0.2) is 4.57 Å². The van der Waals surface area contributed by atoms with Crippen LogP contribution in [-0.2, 0) is 7.05 Å². The van der Waals surface area contributed by atoms with Crippen molar-refractivity contribution in [2.45, 2.75) is 0 Å². The van der Waals surface area contributed by atoms with Crippen LogP contribution < -0.4 is 0 Å². The van der Waals surface area contributed by atoms with Gasteiger partial charge in [-0.2, -0.15) is 0 Å². The highest BCUT2D eigenvalue weighted by molar-refractivity contribution is 6.35. The van der Waals surface area contributed by atoms with Crippen molar-refractivity contribution in [3.63, 3.8) is 0 Å². The molecule has 0 N–H and O–H groups in total. The van der Waals surface area contributed by atoms with E-state index >= 15 is 0 Å². The fraction of sp³-hybridized carbons (Fsp3) is 0.0667. The number of aromatic nitrogens is 1. The molecule has 17 heavy (non-hydrogen) atoms. The molecule has 0 atom stereocenters. The zero-order valence-corrected chi connectivity index (χ0v) is 10.3. The summed E-state index contributed by atoms with van der Waals surface area (Å²) >= 11 is 6.24. The number of aryl methyl sites for hydroxylation is 1. The van der Waals surface area contributed by atoms with Crippen molar-refractivity contribution in [3.05, 3.63) is 59.6 Å². The van der Waals surface area contributed by atoms with Gasteiger partial charge >= 0.3 is 0 Å². The van der Waals surface area contributed by atoms with Crippen LogP contribution in [0.4, 0.5) is 0 Å². The minimum absolute atomic E-state index is 0.798. The lowest BCUT2D eigenvalue weighted by Crippen LogP contribution is -1.91. The Hall–Kier alpha value is -1.73. The largest absolute Gasteiger partial charge is 0.342 e. The van der Waals surface area contributed by atoms with Crippen molar-refractivity contribution in [2.75, 3.05) is 0 Å². The molecule has 1 heterocycles. The molecule has 0 fully saturated rings. The molecule has 0 bridgehead atoms. The molecule has 2 aromatic carbocycles. The van der Waals surface area contributed by atoms with E-state index in [2.05, 4.69) is 48.0 Å². The van der Waals surface area contributed by atoms with Gasteiger partial charge in [0.2, 0.25) is 0 Å². The van der Waals surface area contributed by atoms with Crippen molar-refractivity contribution in [3.8, 4) is 11.3 Å². The second-order valence-corrected chi connectivity index (χ2v) is 4.54. The third-order valence-corrected chi connectivity index (χ3v) is 3.38. The number of benzene rings is 2. The van der Waals surface area contributed by atoms with E-state index in [-0.39, 0.29) is 0 Å². The fourth-order valence-corrected chi connectivity index (χ4v) is 2.56. The molecule has 0 aliphatic rings. The van der Waals surface area contributed by atoms with E-state index in [1.807, 2.05) is 18.2 Å².